The molecule has 8 atom stereocenters. The van der Waals surface area contributed by atoms with Crippen molar-refractivity contribution in [3.05, 3.63) is 71.3 Å². The minimum atomic E-state index is -1.27. The first-order valence-electron chi connectivity index (χ1n) is 16.0. The molecule has 41 heavy (non-hydrogen) atoms. The van der Waals surface area contributed by atoms with Crippen LogP contribution in [0, 0.1) is 23.2 Å². The molecule has 3 aliphatic carbocycles. The van der Waals surface area contributed by atoms with Gasteiger partial charge in [0, 0.05) is 25.4 Å². The number of hydrogen-bond donors (Lipinski definition) is 3. The molecule has 1 aromatic rings. The van der Waals surface area contributed by atoms with Crippen molar-refractivity contribution in [2.75, 3.05) is 6.54 Å². The van der Waals surface area contributed by atoms with Gasteiger partial charge in [0.2, 0.25) is 0 Å². The van der Waals surface area contributed by atoms with Crippen LogP contribution in [-0.4, -0.2) is 56.5 Å². The van der Waals surface area contributed by atoms with E-state index in [4.69, 9.17) is 0 Å². The summed E-state index contributed by atoms with van der Waals surface area (Å²) in [6.45, 7) is 11.4. The number of aryl methyl sites for hydroxylation is 1. The summed E-state index contributed by atoms with van der Waals surface area (Å²) in [6, 6.07) is 10.5. The third kappa shape index (κ3) is 6.28. The highest BCUT2D eigenvalue weighted by molar-refractivity contribution is 5.87. The van der Waals surface area contributed by atoms with E-state index in [2.05, 4.69) is 56.8 Å². The zero-order valence-electron chi connectivity index (χ0n) is 25.4. The van der Waals surface area contributed by atoms with Crippen molar-refractivity contribution in [2.45, 2.75) is 115 Å². The molecular formula is C36H51NO4. The summed E-state index contributed by atoms with van der Waals surface area (Å²) in [6.07, 6.45) is 13.4. The van der Waals surface area contributed by atoms with Gasteiger partial charge in [-0.05, 0) is 105 Å². The number of nitrogens with zero attached hydrogens (tertiary/aromatic N) is 1. The van der Waals surface area contributed by atoms with E-state index in [-0.39, 0.29) is 17.4 Å². The molecule has 1 aliphatic heterocycles. The lowest BCUT2D eigenvalue weighted by molar-refractivity contribution is -0.142. The summed E-state index contributed by atoms with van der Waals surface area (Å²) in [5.74, 6) is 1.50. The maximum absolute atomic E-state index is 13.2. The Balaban J connectivity index is 1.26. The van der Waals surface area contributed by atoms with Crippen LogP contribution in [0.15, 0.2) is 65.8 Å². The van der Waals surface area contributed by atoms with Crippen LogP contribution in [0.5, 0.6) is 0 Å². The van der Waals surface area contributed by atoms with Gasteiger partial charge < -0.3 is 20.2 Å². The minimum Gasteiger partial charge on any atom is -0.393 e. The normalized spacial score (nSPS) is 38.6. The summed E-state index contributed by atoms with van der Waals surface area (Å²) in [5.41, 5.74) is 3.48. The number of allylic oxidation sites excluding steroid dienone is 3. The van der Waals surface area contributed by atoms with E-state index < -0.39 is 17.8 Å². The van der Waals surface area contributed by atoms with Crippen LogP contribution < -0.4 is 0 Å². The summed E-state index contributed by atoms with van der Waals surface area (Å²) in [5, 5.41) is 31.4. The van der Waals surface area contributed by atoms with Gasteiger partial charge >= 0.3 is 0 Å². The molecular weight excluding hydrogens is 510 g/mol. The molecule has 1 heterocycles. The number of aliphatic hydroxyl groups excluding tert-OH is 2. The lowest BCUT2D eigenvalue weighted by Gasteiger charge is -2.45. The smallest absolute Gasteiger partial charge is 0.254 e. The molecule has 1 saturated heterocycles. The van der Waals surface area contributed by atoms with E-state index in [0.29, 0.717) is 43.6 Å². The maximum Gasteiger partial charge on any atom is 0.254 e. The molecule has 0 radical (unpaired) electrons. The molecule has 0 aromatic heterocycles. The van der Waals surface area contributed by atoms with Gasteiger partial charge in [0.15, 0.2) is 0 Å². The molecule has 0 bridgehead atoms. The first kappa shape index (κ1) is 30.3. The molecule has 5 heteroatoms. The van der Waals surface area contributed by atoms with Crippen molar-refractivity contribution < 1.29 is 20.1 Å². The fourth-order valence-electron chi connectivity index (χ4n) is 9.00. The summed E-state index contributed by atoms with van der Waals surface area (Å²) in [4.78, 5) is 15.2. The SMILES string of the molecule is C=C1/C(=C\C=C2/CCC[C@@]3(C)C2CC[C@@H]3[C@H](C)C[C@@H]2C[C@](C)(O)C(=O)N2CCCc2ccccc2)C[C@@H](O)C[C@@H]1O. The van der Waals surface area contributed by atoms with Crippen LogP contribution in [-0.2, 0) is 11.2 Å². The molecule has 5 nitrogen and oxygen atoms in total. The van der Waals surface area contributed by atoms with Gasteiger partial charge in [0.25, 0.3) is 5.91 Å². The number of carbonyl (C=O) groups excluding carboxylic acids is 1. The van der Waals surface area contributed by atoms with Crippen molar-refractivity contribution in [3.63, 3.8) is 0 Å². The van der Waals surface area contributed by atoms with Gasteiger partial charge in [-0.2, -0.15) is 0 Å². The summed E-state index contributed by atoms with van der Waals surface area (Å²) >= 11 is 0. The number of amides is 1. The van der Waals surface area contributed by atoms with Crippen LogP contribution in [0.3, 0.4) is 0 Å². The lowest BCUT2D eigenvalue weighted by Crippen LogP contribution is -2.41. The number of aliphatic hydroxyl groups is 3. The number of benzene rings is 1. The van der Waals surface area contributed by atoms with Crippen LogP contribution >= 0.6 is 0 Å². The molecule has 224 valence electrons. The van der Waals surface area contributed by atoms with Crippen molar-refractivity contribution in [1.29, 1.82) is 0 Å². The number of carbonyl (C=O) groups is 1. The molecule has 1 amide bonds. The van der Waals surface area contributed by atoms with E-state index in [9.17, 15) is 20.1 Å². The van der Waals surface area contributed by atoms with E-state index in [1.54, 1.807) is 6.92 Å². The average molecular weight is 562 g/mol. The highest BCUT2D eigenvalue weighted by Gasteiger charge is 2.53. The Kier molecular flexibility index (Phi) is 8.99. The van der Waals surface area contributed by atoms with Crippen LogP contribution in [0.4, 0.5) is 0 Å². The predicted molar refractivity (Wildman–Crippen MR) is 164 cm³/mol. The Bertz CT molecular complexity index is 1170. The molecule has 4 fully saturated rings. The highest BCUT2D eigenvalue weighted by Crippen LogP contribution is 2.60. The molecule has 4 aliphatic rings. The van der Waals surface area contributed by atoms with E-state index in [0.717, 1.165) is 36.8 Å². The number of likely N-dealkylation sites (tertiary alicyclic amines) is 1. The molecule has 1 unspecified atom stereocenters. The Morgan fingerprint density at radius 3 is 2.66 bits per heavy atom. The standard InChI is InChI=1S/C36H51NO4/c1-24(20-29-23-36(4,41)34(40)37(29)19-9-12-26-10-6-5-7-11-26)31-16-17-32-27(13-8-18-35(31,32)3)14-15-28-21-30(38)22-33(39)25(28)2/h5-7,10-11,14-15,24,29-33,38-39,41H,2,8-9,12-13,16-23H2,1,3-4H3/b27-14+,28-15-/t24-,29-,30-,31-,32?,33+,35-,36+/m1/s1. The van der Waals surface area contributed by atoms with Gasteiger partial charge in [0.1, 0.15) is 5.60 Å². The van der Waals surface area contributed by atoms with Gasteiger partial charge in [-0.15, -0.1) is 0 Å². The van der Waals surface area contributed by atoms with Crippen LogP contribution in [0.2, 0.25) is 0 Å². The number of fused-ring (bicyclic) bond motifs is 1. The topological polar surface area (TPSA) is 81.0 Å². The molecule has 1 aromatic carbocycles. The van der Waals surface area contributed by atoms with Crippen molar-refractivity contribution in [3.8, 4) is 0 Å². The second-order valence-electron chi connectivity index (χ2n) is 14.1. The second-order valence-corrected chi connectivity index (χ2v) is 14.1. The van der Waals surface area contributed by atoms with Crippen molar-refractivity contribution >= 4 is 5.91 Å². The Morgan fingerprint density at radius 1 is 1.15 bits per heavy atom. The Hall–Kier alpha value is -2.21. The number of rotatable bonds is 8. The molecule has 5 rings (SSSR count). The summed E-state index contributed by atoms with van der Waals surface area (Å²) in [7, 11) is 0. The van der Waals surface area contributed by atoms with Gasteiger partial charge in [0.05, 0.1) is 12.2 Å². The monoisotopic (exact) mass is 561 g/mol. The second kappa shape index (κ2) is 12.2. The zero-order valence-corrected chi connectivity index (χ0v) is 25.4. The molecule has 0 spiro atoms. The Morgan fingerprint density at radius 2 is 1.90 bits per heavy atom. The largest absolute Gasteiger partial charge is 0.393 e. The minimum absolute atomic E-state index is 0.0874. The van der Waals surface area contributed by atoms with E-state index in [1.807, 2.05) is 11.0 Å². The fraction of sp³-hybridized carbons (Fsp3) is 0.639. The average Bonchev–Trinajstić information content (AvgIpc) is 3.39. The summed E-state index contributed by atoms with van der Waals surface area (Å²) < 4.78 is 0. The zero-order chi connectivity index (χ0) is 29.4. The highest BCUT2D eigenvalue weighted by atomic mass is 16.3. The van der Waals surface area contributed by atoms with Gasteiger partial charge in [-0.3, -0.25) is 4.79 Å². The Labute approximate surface area is 247 Å². The van der Waals surface area contributed by atoms with Gasteiger partial charge in [-0.1, -0.05) is 68.5 Å². The van der Waals surface area contributed by atoms with Crippen LogP contribution in [0.25, 0.3) is 0 Å². The molecule has 3 N–H and O–H groups in total. The fourth-order valence-corrected chi connectivity index (χ4v) is 9.00. The molecule has 3 saturated carbocycles. The van der Waals surface area contributed by atoms with Crippen molar-refractivity contribution in [1.82, 2.24) is 4.90 Å². The van der Waals surface area contributed by atoms with Crippen molar-refractivity contribution in [2.24, 2.45) is 23.2 Å². The maximum atomic E-state index is 13.2. The van der Waals surface area contributed by atoms with Gasteiger partial charge in [-0.25, -0.2) is 0 Å². The predicted octanol–water partition coefficient (Wildman–Crippen LogP) is 6.14. The van der Waals surface area contributed by atoms with E-state index >= 15 is 0 Å². The van der Waals surface area contributed by atoms with E-state index in [1.165, 1.54) is 36.8 Å². The first-order chi connectivity index (χ1) is 19.5. The quantitative estimate of drug-likeness (QED) is 0.356. The number of hydrogen-bond acceptors (Lipinski definition) is 4. The lowest BCUT2D eigenvalue weighted by atomic mass is 9.60. The first-order valence-corrected chi connectivity index (χ1v) is 16.0. The third-order valence-electron chi connectivity index (χ3n) is 11.1. The third-order valence-corrected chi connectivity index (χ3v) is 11.1. The van der Waals surface area contributed by atoms with Crippen LogP contribution in [0.1, 0.15) is 90.5 Å².